The van der Waals surface area contributed by atoms with Crippen molar-refractivity contribution in [1.82, 2.24) is 4.90 Å². The number of nitrogens with zero attached hydrogens (tertiary/aromatic N) is 1. The molecular weight excluding hydrogens is 575 g/mol. The molecule has 0 unspecified atom stereocenters. The molecule has 0 fully saturated rings. The molecule has 5 nitrogen and oxygen atoms in total. The molecule has 1 aliphatic heterocycles. The van der Waals surface area contributed by atoms with Crippen molar-refractivity contribution in [3.8, 4) is 0 Å². The number of hydrogen-bond donors (Lipinski definition) is 1. The van der Waals surface area contributed by atoms with Gasteiger partial charge in [0.05, 0.1) is 19.7 Å². The Bertz CT molecular complexity index is 1630. The molecule has 0 aromatic heterocycles. The first-order valence-electron chi connectivity index (χ1n) is 15.4. The number of nitrogens with one attached hydrogen (secondary N) is 1. The number of carbonyl (C=O) groups excluding carboxylic acids is 2. The van der Waals surface area contributed by atoms with E-state index in [-0.39, 0.29) is 12.3 Å². The lowest BCUT2D eigenvalue weighted by atomic mass is 10.1. The van der Waals surface area contributed by atoms with Gasteiger partial charge in [-0.05, 0) is 65.6 Å². The lowest BCUT2D eigenvalue weighted by Gasteiger charge is -2.28. The summed E-state index contributed by atoms with van der Waals surface area (Å²) in [5, 5.41) is 7.42. The van der Waals surface area contributed by atoms with E-state index < -0.39 is 19.3 Å². The van der Waals surface area contributed by atoms with Crippen LogP contribution in [-0.2, 0) is 33.5 Å². The second-order valence-electron chi connectivity index (χ2n) is 11.4. The SMILES string of the molecule is COC(=O)C[C@H]1Nc2cc(C[P+](c3ccccc3)(c3ccccc3)c3ccccc3)ccc2CN(CCc2ccccc2)C1=O. The van der Waals surface area contributed by atoms with Gasteiger partial charge in [0.1, 0.15) is 29.2 Å². The molecule has 45 heavy (non-hydrogen) atoms. The van der Waals surface area contributed by atoms with E-state index in [1.165, 1.54) is 34.2 Å². The van der Waals surface area contributed by atoms with Crippen LogP contribution in [0.1, 0.15) is 23.1 Å². The highest BCUT2D eigenvalue weighted by molar-refractivity contribution is 7.95. The Morgan fingerprint density at radius 1 is 0.756 bits per heavy atom. The summed E-state index contributed by atoms with van der Waals surface area (Å²) >= 11 is 0. The molecule has 1 atom stereocenters. The highest BCUT2D eigenvalue weighted by Crippen LogP contribution is 2.58. The number of amides is 1. The van der Waals surface area contributed by atoms with Crippen LogP contribution in [0.3, 0.4) is 0 Å². The van der Waals surface area contributed by atoms with Crippen molar-refractivity contribution >= 4 is 40.7 Å². The zero-order valence-electron chi connectivity index (χ0n) is 25.5. The maximum atomic E-state index is 13.8. The molecule has 6 heteroatoms. The number of rotatable bonds is 10. The Labute approximate surface area is 266 Å². The number of fused-ring (bicyclic) bond motifs is 1. The van der Waals surface area contributed by atoms with Crippen LogP contribution in [0, 0.1) is 0 Å². The van der Waals surface area contributed by atoms with Gasteiger partial charge in [-0.15, -0.1) is 0 Å². The lowest BCUT2D eigenvalue weighted by Crippen LogP contribution is -2.42. The summed E-state index contributed by atoms with van der Waals surface area (Å²) in [7, 11) is -0.749. The first-order chi connectivity index (χ1) is 22.1. The number of anilines is 1. The Kier molecular flexibility index (Phi) is 9.38. The van der Waals surface area contributed by atoms with Crippen molar-refractivity contribution in [1.29, 1.82) is 0 Å². The average Bonchev–Trinajstić information content (AvgIpc) is 3.23. The minimum absolute atomic E-state index is 0.0319. The number of esters is 1. The van der Waals surface area contributed by atoms with Gasteiger partial charge in [-0.25, -0.2) is 0 Å². The number of ether oxygens (including phenoxy) is 1. The maximum Gasteiger partial charge on any atom is 0.308 e. The number of carbonyl (C=O) groups is 2. The zero-order chi connectivity index (χ0) is 31.1. The summed E-state index contributed by atoms with van der Waals surface area (Å²) in [6.45, 7) is 1.04. The van der Waals surface area contributed by atoms with Gasteiger partial charge in [0.15, 0.2) is 0 Å². The maximum absolute atomic E-state index is 13.8. The number of methoxy groups -OCH3 is 1. The molecule has 5 aromatic rings. The predicted octanol–water partition coefficient (Wildman–Crippen LogP) is 6.11. The van der Waals surface area contributed by atoms with E-state index in [1.54, 1.807) is 0 Å². The van der Waals surface area contributed by atoms with Gasteiger partial charge in [-0.1, -0.05) is 97.1 Å². The van der Waals surface area contributed by atoms with Crippen LogP contribution in [0.15, 0.2) is 140 Å². The molecule has 0 spiro atoms. The van der Waals surface area contributed by atoms with Crippen LogP contribution in [0.2, 0.25) is 0 Å². The third-order valence-corrected chi connectivity index (χ3v) is 13.0. The van der Waals surface area contributed by atoms with E-state index >= 15 is 0 Å². The second-order valence-corrected chi connectivity index (χ2v) is 14.9. The third kappa shape index (κ3) is 6.69. The van der Waals surface area contributed by atoms with Crippen molar-refractivity contribution in [2.75, 3.05) is 19.0 Å². The van der Waals surface area contributed by atoms with Crippen molar-refractivity contribution in [3.63, 3.8) is 0 Å². The lowest BCUT2D eigenvalue weighted by molar-refractivity contribution is -0.144. The van der Waals surface area contributed by atoms with Crippen LogP contribution in [-0.4, -0.2) is 36.5 Å². The Morgan fingerprint density at radius 2 is 1.29 bits per heavy atom. The van der Waals surface area contributed by atoms with E-state index in [2.05, 4.69) is 127 Å². The molecule has 1 N–H and O–H groups in total. The number of hydrogen-bond acceptors (Lipinski definition) is 4. The van der Waals surface area contributed by atoms with Gasteiger partial charge in [-0.3, -0.25) is 9.59 Å². The van der Waals surface area contributed by atoms with Gasteiger partial charge in [-0.2, -0.15) is 0 Å². The van der Waals surface area contributed by atoms with Crippen LogP contribution in [0.4, 0.5) is 5.69 Å². The van der Waals surface area contributed by atoms with E-state index in [1.807, 2.05) is 23.1 Å². The first kappa shape index (κ1) is 30.3. The van der Waals surface area contributed by atoms with Crippen molar-refractivity contribution in [2.45, 2.75) is 31.6 Å². The average molecular weight is 614 g/mol. The van der Waals surface area contributed by atoms with Crippen LogP contribution >= 0.6 is 7.26 Å². The van der Waals surface area contributed by atoms with E-state index in [9.17, 15) is 9.59 Å². The van der Waals surface area contributed by atoms with Crippen molar-refractivity contribution < 1.29 is 14.3 Å². The molecule has 5 aromatic carbocycles. The predicted molar refractivity (Wildman–Crippen MR) is 185 cm³/mol. The molecule has 6 rings (SSSR count). The molecule has 0 bridgehead atoms. The molecule has 1 heterocycles. The standard InChI is InChI=1S/C39H38N2O3P/c1-44-38(42)27-37-39(43)41(25-24-30-14-6-2-7-15-30)28-32-23-22-31(26-36(32)40-37)29-45(33-16-8-3-9-17-33,34-18-10-4-11-19-34)35-20-12-5-13-21-35/h2-23,26,37,40H,24-25,27-29H2,1H3/q+1/t37-/m1/s1. The summed E-state index contributed by atoms with van der Waals surface area (Å²) in [5.41, 5.74) is 4.28. The fraction of sp³-hybridized carbons (Fsp3) is 0.179. The Hall–Kier alpha value is -4.73. The third-order valence-electron chi connectivity index (χ3n) is 8.60. The molecule has 0 saturated heterocycles. The zero-order valence-corrected chi connectivity index (χ0v) is 26.4. The Morgan fingerprint density at radius 3 is 1.82 bits per heavy atom. The quantitative estimate of drug-likeness (QED) is 0.153. The van der Waals surface area contributed by atoms with Gasteiger partial charge in [0, 0.05) is 18.8 Å². The summed E-state index contributed by atoms with van der Waals surface area (Å²) in [5.74, 6) is -0.501. The highest BCUT2D eigenvalue weighted by Gasteiger charge is 2.45. The van der Waals surface area contributed by atoms with Crippen LogP contribution in [0.25, 0.3) is 0 Å². The molecule has 1 aliphatic rings. The molecule has 0 saturated carbocycles. The smallest absolute Gasteiger partial charge is 0.308 e. The van der Waals surface area contributed by atoms with E-state index in [4.69, 9.17) is 4.74 Å². The fourth-order valence-corrected chi connectivity index (χ4v) is 10.5. The minimum atomic E-state index is -2.11. The molecular formula is C39H38N2O3P+. The Balaban J connectivity index is 1.40. The van der Waals surface area contributed by atoms with Crippen molar-refractivity contribution in [3.05, 3.63) is 156 Å². The highest BCUT2D eigenvalue weighted by atomic mass is 31.2. The van der Waals surface area contributed by atoms with Crippen molar-refractivity contribution in [2.24, 2.45) is 0 Å². The van der Waals surface area contributed by atoms with E-state index in [0.717, 1.165) is 23.8 Å². The molecule has 1 amide bonds. The first-order valence-corrected chi connectivity index (χ1v) is 17.4. The van der Waals surface area contributed by atoms with Gasteiger partial charge >= 0.3 is 5.97 Å². The van der Waals surface area contributed by atoms with Gasteiger partial charge in [0.2, 0.25) is 5.91 Å². The molecule has 0 radical (unpaired) electrons. The summed E-state index contributed by atoms with van der Waals surface area (Å²) in [6.07, 6.45) is 1.52. The largest absolute Gasteiger partial charge is 0.469 e. The van der Waals surface area contributed by atoms with Gasteiger partial charge < -0.3 is 15.0 Å². The monoisotopic (exact) mass is 613 g/mol. The summed E-state index contributed by atoms with van der Waals surface area (Å²) in [4.78, 5) is 28.1. The van der Waals surface area contributed by atoms with Crippen LogP contribution in [0.5, 0.6) is 0 Å². The van der Waals surface area contributed by atoms with E-state index in [0.29, 0.717) is 13.1 Å². The fourth-order valence-electron chi connectivity index (χ4n) is 6.28. The topological polar surface area (TPSA) is 58.6 Å². The number of benzene rings is 5. The second kappa shape index (κ2) is 13.9. The summed E-state index contributed by atoms with van der Waals surface area (Å²) < 4.78 is 4.99. The minimum Gasteiger partial charge on any atom is -0.469 e. The van der Waals surface area contributed by atoms with Gasteiger partial charge in [0.25, 0.3) is 0 Å². The summed E-state index contributed by atoms with van der Waals surface area (Å²) in [6, 6.07) is 48.5. The molecule has 226 valence electrons. The normalized spacial score (nSPS) is 14.6. The molecule has 0 aliphatic carbocycles. The van der Waals surface area contributed by atoms with Crippen LogP contribution < -0.4 is 21.2 Å².